The highest BCUT2D eigenvalue weighted by Crippen LogP contribution is 2.35. The van der Waals surface area contributed by atoms with Crippen LogP contribution in [0.15, 0.2) is 18.3 Å². The van der Waals surface area contributed by atoms with Gasteiger partial charge in [-0.05, 0) is 36.8 Å². The molecule has 0 bridgehead atoms. The molecule has 0 radical (unpaired) electrons. The maximum absolute atomic E-state index is 10.9. The summed E-state index contributed by atoms with van der Waals surface area (Å²) in [7, 11) is 0. The lowest BCUT2D eigenvalue weighted by molar-refractivity contribution is 0.0697. The van der Waals surface area contributed by atoms with E-state index in [4.69, 9.17) is 5.11 Å². The van der Waals surface area contributed by atoms with Gasteiger partial charge in [-0.1, -0.05) is 20.3 Å². The lowest BCUT2D eigenvalue weighted by Gasteiger charge is -2.21. The van der Waals surface area contributed by atoms with Crippen LogP contribution >= 0.6 is 0 Å². The van der Waals surface area contributed by atoms with Crippen LogP contribution in [0.3, 0.4) is 0 Å². The molecule has 0 amide bonds. The van der Waals surface area contributed by atoms with Gasteiger partial charge in [0, 0.05) is 12.2 Å². The molecule has 1 saturated carbocycles. The Morgan fingerprint density at radius 3 is 2.94 bits per heavy atom. The molecule has 1 heterocycles. The molecule has 4 nitrogen and oxygen atoms in total. The Morgan fingerprint density at radius 2 is 2.33 bits per heavy atom. The van der Waals surface area contributed by atoms with Crippen LogP contribution < -0.4 is 5.32 Å². The van der Waals surface area contributed by atoms with Crippen molar-refractivity contribution >= 4 is 11.8 Å². The second-order valence-corrected chi connectivity index (χ2v) is 5.09. The average Bonchev–Trinajstić information content (AvgIpc) is 2.71. The SMILES string of the molecule is CCC1CCC(Nc2cc(C(=O)O)ccn2)C1C. The summed E-state index contributed by atoms with van der Waals surface area (Å²) in [6.45, 7) is 4.49. The zero-order valence-electron chi connectivity index (χ0n) is 10.9. The van der Waals surface area contributed by atoms with E-state index in [1.54, 1.807) is 12.3 Å². The van der Waals surface area contributed by atoms with Crippen molar-refractivity contribution < 1.29 is 9.90 Å². The Balaban J connectivity index is 2.06. The minimum Gasteiger partial charge on any atom is -0.478 e. The molecule has 18 heavy (non-hydrogen) atoms. The maximum atomic E-state index is 10.9. The van der Waals surface area contributed by atoms with Gasteiger partial charge in [0.25, 0.3) is 0 Å². The second kappa shape index (κ2) is 5.38. The Morgan fingerprint density at radius 1 is 1.56 bits per heavy atom. The van der Waals surface area contributed by atoms with Gasteiger partial charge in [0.2, 0.25) is 0 Å². The number of aromatic nitrogens is 1. The first kappa shape index (κ1) is 12.9. The number of hydrogen-bond acceptors (Lipinski definition) is 3. The zero-order chi connectivity index (χ0) is 13.1. The minimum atomic E-state index is -0.911. The van der Waals surface area contributed by atoms with E-state index in [1.165, 1.54) is 18.9 Å². The van der Waals surface area contributed by atoms with E-state index in [1.807, 2.05) is 0 Å². The van der Waals surface area contributed by atoms with E-state index in [2.05, 4.69) is 24.1 Å². The summed E-state index contributed by atoms with van der Waals surface area (Å²) in [5.41, 5.74) is 0.283. The molecule has 0 spiro atoms. The van der Waals surface area contributed by atoms with Gasteiger partial charge < -0.3 is 10.4 Å². The summed E-state index contributed by atoms with van der Waals surface area (Å²) in [6.07, 6.45) is 5.14. The van der Waals surface area contributed by atoms with Gasteiger partial charge in [0.15, 0.2) is 0 Å². The highest BCUT2D eigenvalue weighted by Gasteiger charge is 2.31. The largest absolute Gasteiger partial charge is 0.478 e. The summed E-state index contributed by atoms with van der Waals surface area (Å²) in [4.78, 5) is 15.1. The third kappa shape index (κ3) is 2.63. The number of aromatic carboxylic acids is 1. The van der Waals surface area contributed by atoms with E-state index in [0.29, 0.717) is 17.8 Å². The fourth-order valence-corrected chi connectivity index (χ4v) is 2.86. The maximum Gasteiger partial charge on any atom is 0.335 e. The number of rotatable bonds is 4. The quantitative estimate of drug-likeness (QED) is 0.859. The number of carbonyl (C=O) groups is 1. The van der Waals surface area contributed by atoms with Crippen LogP contribution in [0.2, 0.25) is 0 Å². The van der Waals surface area contributed by atoms with Gasteiger partial charge >= 0.3 is 5.97 Å². The zero-order valence-corrected chi connectivity index (χ0v) is 10.9. The number of nitrogens with one attached hydrogen (secondary N) is 1. The van der Waals surface area contributed by atoms with Crippen molar-refractivity contribution in [3.63, 3.8) is 0 Å². The van der Waals surface area contributed by atoms with Crippen LogP contribution in [0.4, 0.5) is 5.82 Å². The van der Waals surface area contributed by atoms with E-state index in [0.717, 1.165) is 12.3 Å². The van der Waals surface area contributed by atoms with Gasteiger partial charge in [-0.15, -0.1) is 0 Å². The van der Waals surface area contributed by atoms with Gasteiger partial charge in [0.05, 0.1) is 5.56 Å². The molecular weight excluding hydrogens is 228 g/mol. The molecule has 1 aromatic heterocycles. The fraction of sp³-hybridized carbons (Fsp3) is 0.571. The van der Waals surface area contributed by atoms with Crippen LogP contribution in [0.5, 0.6) is 0 Å². The molecule has 2 N–H and O–H groups in total. The van der Waals surface area contributed by atoms with Crippen molar-refractivity contribution in [1.29, 1.82) is 0 Å². The smallest absolute Gasteiger partial charge is 0.335 e. The predicted molar refractivity (Wildman–Crippen MR) is 70.8 cm³/mol. The van der Waals surface area contributed by atoms with Crippen LogP contribution in [-0.4, -0.2) is 22.1 Å². The lowest BCUT2D eigenvalue weighted by Crippen LogP contribution is -2.25. The number of anilines is 1. The van der Waals surface area contributed by atoms with E-state index < -0.39 is 5.97 Å². The van der Waals surface area contributed by atoms with Crippen LogP contribution in [-0.2, 0) is 0 Å². The molecule has 1 fully saturated rings. The Hall–Kier alpha value is -1.58. The first-order valence-corrected chi connectivity index (χ1v) is 6.57. The third-order valence-electron chi connectivity index (χ3n) is 4.09. The Bertz CT molecular complexity index is 434. The monoisotopic (exact) mass is 248 g/mol. The molecule has 4 heteroatoms. The molecule has 1 aliphatic rings. The van der Waals surface area contributed by atoms with Gasteiger partial charge in [-0.3, -0.25) is 0 Å². The lowest BCUT2D eigenvalue weighted by atomic mass is 9.93. The third-order valence-corrected chi connectivity index (χ3v) is 4.09. The highest BCUT2D eigenvalue weighted by atomic mass is 16.4. The molecule has 98 valence electrons. The van der Waals surface area contributed by atoms with E-state index in [9.17, 15) is 4.79 Å². The first-order chi connectivity index (χ1) is 8.61. The minimum absolute atomic E-state index is 0.283. The first-order valence-electron chi connectivity index (χ1n) is 6.57. The number of nitrogens with zero attached hydrogens (tertiary/aromatic N) is 1. The molecule has 3 atom stereocenters. The van der Waals surface area contributed by atoms with Crippen molar-refractivity contribution in [2.75, 3.05) is 5.32 Å². The second-order valence-electron chi connectivity index (χ2n) is 5.09. The van der Waals surface area contributed by atoms with Crippen molar-refractivity contribution in [3.05, 3.63) is 23.9 Å². The van der Waals surface area contributed by atoms with Gasteiger partial charge in [-0.2, -0.15) is 0 Å². The number of carboxylic acids is 1. The van der Waals surface area contributed by atoms with Crippen molar-refractivity contribution in [2.45, 2.75) is 39.2 Å². The topological polar surface area (TPSA) is 62.2 Å². The summed E-state index contributed by atoms with van der Waals surface area (Å²) in [6, 6.07) is 3.53. The van der Waals surface area contributed by atoms with Crippen LogP contribution in [0.25, 0.3) is 0 Å². The van der Waals surface area contributed by atoms with Crippen LogP contribution in [0.1, 0.15) is 43.5 Å². The van der Waals surface area contributed by atoms with Crippen molar-refractivity contribution in [2.24, 2.45) is 11.8 Å². The number of pyridine rings is 1. The van der Waals surface area contributed by atoms with E-state index >= 15 is 0 Å². The van der Waals surface area contributed by atoms with Gasteiger partial charge in [-0.25, -0.2) is 9.78 Å². The molecule has 0 aliphatic heterocycles. The Kier molecular flexibility index (Phi) is 3.84. The summed E-state index contributed by atoms with van der Waals surface area (Å²) < 4.78 is 0. The fourth-order valence-electron chi connectivity index (χ4n) is 2.86. The van der Waals surface area contributed by atoms with E-state index in [-0.39, 0.29) is 5.56 Å². The predicted octanol–water partition coefficient (Wildman–Crippen LogP) is 3.02. The summed E-state index contributed by atoms with van der Waals surface area (Å²) in [5, 5.41) is 12.3. The molecule has 1 aromatic rings. The molecule has 1 aliphatic carbocycles. The average molecular weight is 248 g/mol. The molecule has 2 rings (SSSR count). The van der Waals surface area contributed by atoms with Gasteiger partial charge in [0.1, 0.15) is 5.82 Å². The van der Waals surface area contributed by atoms with Crippen LogP contribution in [0, 0.1) is 11.8 Å². The normalized spacial score (nSPS) is 27.1. The highest BCUT2D eigenvalue weighted by molar-refractivity contribution is 5.88. The standard InChI is InChI=1S/C14H20N2O2/c1-3-10-4-5-12(9(10)2)16-13-8-11(14(17)18)6-7-15-13/h6-10,12H,3-5H2,1-2H3,(H,15,16)(H,17,18). The van der Waals surface area contributed by atoms with Crippen molar-refractivity contribution in [1.82, 2.24) is 4.98 Å². The number of carboxylic acid groups (broad SMARTS) is 1. The molecule has 0 aromatic carbocycles. The van der Waals surface area contributed by atoms with Crippen molar-refractivity contribution in [3.8, 4) is 0 Å². The summed E-state index contributed by atoms with van der Waals surface area (Å²) >= 11 is 0. The molecular formula is C14H20N2O2. The summed E-state index contributed by atoms with van der Waals surface area (Å²) in [5.74, 6) is 1.14. The molecule has 3 unspecified atom stereocenters. The molecule has 0 saturated heterocycles. The Labute approximate surface area is 107 Å². The number of hydrogen-bond donors (Lipinski definition) is 2.